The SMILES string of the molecule is CNC(C)c1nnnn1-c1cc(C)cc(C)c1. The number of hydrogen-bond donors (Lipinski definition) is 1. The number of aromatic nitrogens is 4. The van der Waals surface area contributed by atoms with Gasteiger partial charge in [-0.2, -0.15) is 4.68 Å². The zero-order chi connectivity index (χ0) is 12.4. The molecule has 0 aliphatic heterocycles. The molecule has 1 atom stereocenters. The number of tetrazole rings is 1. The highest BCUT2D eigenvalue weighted by Gasteiger charge is 2.14. The molecule has 90 valence electrons. The van der Waals surface area contributed by atoms with Crippen LogP contribution in [-0.4, -0.2) is 27.3 Å². The van der Waals surface area contributed by atoms with E-state index in [9.17, 15) is 0 Å². The van der Waals surface area contributed by atoms with Crippen molar-refractivity contribution >= 4 is 0 Å². The summed E-state index contributed by atoms with van der Waals surface area (Å²) in [5, 5.41) is 15.0. The predicted molar refractivity (Wildman–Crippen MR) is 66.1 cm³/mol. The van der Waals surface area contributed by atoms with Crippen molar-refractivity contribution in [3.05, 3.63) is 35.2 Å². The van der Waals surface area contributed by atoms with Crippen molar-refractivity contribution in [1.29, 1.82) is 0 Å². The van der Waals surface area contributed by atoms with Gasteiger partial charge in [0, 0.05) is 0 Å². The van der Waals surface area contributed by atoms with Gasteiger partial charge in [-0.05, 0) is 61.5 Å². The highest BCUT2D eigenvalue weighted by Crippen LogP contribution is 2.16. The summed E-state index contributed by atoms with van der Waals surface area (Å²) in [6, 6.07) is 6.41. The van der Waals surface area contributed by atoms with E-state index in [1.165, 1.54) is 11.1 Å². The Bertz CT molecular complexity index is 497. The summed E-state index contributed by atoms with van der Waals surface area (Å²) in [6.45, 7) is 6.18. The lowest BCUT2D eigenvalue weighted by Gasteiger charge is -2.11. The second-order valence-corrected chi connectivity index (χ2v) is 4.31. The summed E-state index contributed by atoms with van der Waals surface area (Å²) < 4.78 is 1.78. The first kappa shape index (κ1) is 11.7. The van der Waals surface area contributed by atoms with Gasteiger partial charge in [-0.3, -0.25) is 0 Å². The minimum absolute atomic E-state index is 0.116. The quantitative estimate of drug-likeness (QED) is 0.871. The van der Waals surface area contributed by atoms with Crippen molar-refractivity contribution in [1.82, 2.24) is 25.5 Å². The van der Waals surface area contributed by atoms with Gasteiger partial charge in [-0.15, -0.1) is 5.10 Å². The molecular weight excluding hydrogens is 214 g/mol. The molecule has 1 aromatic carbocycles. The first-order valence-electron chi connectivity index (χ1n) is 5.66. The van der Waals surface area contributed by atoms with E-state index in [0.717, 1.165) is 11.5 Å². The van der Waals surface area contributed by atoms with Crippen molar-refractivity contribution in [3.8, 4) is 5.69 Å². The normalized spacial score (nSPS) is 12.7. The maximum Gasteiger partial charge on any atom is 0.173 e. The van der Waals surface area contributed by atoms with E-state index in [-0.39, 0.29) is 6.04 Å². The molecule has 0 fully saturated rings. The van der Waals surface area contributed by atoms with Crippen LogP contribution >= 0.6 is 0 Å². The van der Waals surface area contributed by atoms with Crippen LogP contribution < -0.4 is 5.32 Å². The Hall–Kier alpha value is -1.75. The third kappa shape index (κ3) is 2.34. The average molecular weight is 231 g/mol. The molecule has 0 spiro atoms. The van der Waals surface area contributed by atoms with E-state index < -0.39 is 0 Å². The molecule has 0 radical (unpaired) electrons. The molecule has 0 saturated heterocycles. The third-order valence-electron chi connectivity index (χ3n) is 2.76. The largest absolute Gasteiger partial charge is 0.311 e. The van der Waals surface area contributed by atoms with Crippen molar-refractivity contribution in [3.63, 3.8) is 0 Å². The molecule has 5 nitrogen and oxygen atoms in total. The van der Waals surface area contributed by atoms with Crippen LogP contribution in [0, 0.1) is 13.8 Å². The Morgan fingerprint density at radius 1 is 1.18 bits per heavy atom. The fourth-order valence-electron chi connectivity index (χ4n) is 1.85. The van der Waals surface area contributed by atoms with Gasteiger partial charge in [-0.25, -0.2) is 0 Å². The van der Waals surface area contributed by atoms with Gasteiger partial charge in [0.1, 0.15) is 0 Å². The topological polar surface area (TPSA) is 55.6 Å². The molecule has 0 aliphatic rings. The maximum absolute atomic E-state index is 4.06. The molecule has 0 aliphatic carbocycles. The fourth-order valence-corrected chi connectivity index (χ4v) is 1.85. The van der Waals surface area contributed by atoms with Gasteiger partial charge in [0.15, 0.2) is 5.82 Å². The molecule has 0 amide bonds. The van der Waals surface area contributed by atoms with E-state index in [2.05, 4.69) is 52.9 Å². The van der Waals surface area contributed by atoms with Crippen LogP contribution in [0.1, 0.15) is 29.9 Å². The molecule has 17 heavy (non-hydrogen) atoms. The second kappa shape index (κ2) is 4.63. The number of nitrogens with one attached hydrogen (secondary N) is 1. The highest BCUT2D eigenvalue weighted by atomic mass is 15.5. The molecule has 2 rings (SSSR count). The smallest absolute Gasteiger partial charge is 0.173 e. The number of hydrogen-bond acceptors (Lipinski definition) is 4. The lowest BCUT2D eigenvalue weighted by Crippen LogP contribution is -2.17. The first-order valence-corrected chi connectivity index (χ1v) is 5.66. The average Bonchev–Trinajstić information content (AvgIpc) is 2.75. The Balaban J connectivity index is 2.49. The fraction of sp³-hybridized carbons (Fsp3) is 0.417. The van der Waals surface area contributed by atoms with Crippen molar-refractivity contribution in [2.45, 2.75) is 26.8 Å². The lowest BCUT2D eigenvalue weighted by molar-refractivity contribution is 0.588. The van der Waals surface area contributed by atoms with E-state index in [4.69, 9.17) is 0 Å². The summed E-state index contributed by atoms with van der Waals surface area (Å²) in [7, 11) is 1.89. The van der Waals surface area contributed by atoms with Crippen molar-refractivity contribution < 1.29 is 0 Å². The van der Waals surface area contributed by atoms with Gasteiger partial charge in [-0.1, -0.05) is 6.07 Å². The van der Waals surface area contributed by atoms with E-state index in [1.54, 1.807) is 4.68 Å². The number of aryl methyl sites for hydroxylation is 2. The van der Waals surface area contributed by atoms with E-state index in [1.807, 2.05) is 14.0 Å². The summed E-state index contributed by atoms with van der Waals surface area (Å²) in [5.41, 5.74) is 3.42. The minimum Gasteiger partial charge on any atom is -0.311 e. The Kier molecular flexibility index (Phi) is 3.19. The van der Waals surface area contributed by atoms with Crippen molar-refractivity contribution in [2.24, 2.45) is 0 Å². The predicted octanol–water partition coefficient (Wildman–Crippen LogP) is 1.56. The lowest BCUT2D eigenvalue weighted by atomic mass is 10.1. The molecule has 1 unspecified atom stereocenters. The highest BCUT2D eigenvalue weighted by molar-refractivity contribution is 5.39. The van der Waals surface area contributed by atoms with Gasteiger partial charge < -0.3 is 5.32 Å². The number of benzene rings is 1. The van der Waals surface area contributed by atoms with E-state index in [0.29, 0.717) is 0 Å². The summed E-state index contributed by atoms with van der Waals surface area (Å²) >= 11 is 0. The molecule has 5 heteroatoms. The van der Waals surface area contributed by atoms with Crippen LogP contribution in [0.15, 0.2) is 18.2 Å². The van der Waals surface area contributed by atoms with Crippen molar-refractivity contribution in [2.75, 3.05) is 7.05 Å². The van der Waals surface area contributed by atoms with E-state index >= 15 is 0 Å². The summed E-state index contributed by atoms with van der Waals surface area (Å²) in [5.74, 6) is 0.817. The zero-order valence-corrected chi connectivity index (χ0v) is 10.6. The standard InChI is InChI=1S/C12H17N5/c1-8-5-9(2)7-11(6-8)17-12(10(3)13-4)14-15-16-17/h5-7,10,13H,1-4H3. The number of rotatable bonds is 3. The molecule has 1 aromatic heterocycles. The van der Waals surface area contributed by atoms with Crippen LogP contribution in [-0.2, 0) is 0 Å². The van der Waals surface area contributed by atoms with Gasteiger partial charge in [0.05, 0.1) is 11.7 Å². The Morgan fingerprint density at radius 2 is 1.82 bits per heavy atom. The molecule has 1 heterocycles. The number of nitrogens with zero attached hydrogens (tertiary/aromatic N) is 4. The summed E-state index contributed by atoms with van der Waals surface area (Å²) in [6.07, 6.45) is 0. The van der Waals surface area contributed by atoms with Gasteiger partial charge >= 0.3 is 0 Å². The second-order valence-electron chi connectivity index (χ2n) is 4.31. The molecule has 1 N–H and O–H groups in total. The molecule has 0 saturated carbocycles. The van der Waals surface area contributed by atoms with Gasteiger partial charge in [0.2, 0.25) is 0 Å². The maximum atomic E-state index is 4.06. The Labute approximate surface area is 101 Å². The van der Waals surface area contributed by atoms with Crippen LogP contribution in [0.25, 0.3) is 5.69 Å². The van der Waals surface area contributed by atoms with Crippen LogP contribution in [0.3, 0.4) is 0 Å². The minimum atomic E-state index is 0.116. The monoisotopic (exact) mass is 231 g/mol. The third-order valence-corrected chi connectivity index (χ3v) is 2.76. The zero-order valence-electron chi connectivity index (χ0n) is 10.6. The molecule has 2 aromatic rings. The molecule has 0 bridgehead atoms. The Morgan fingerprint density at radius 3 is 2.41 bits per heavy atom. The van der Waals surface area contributed by atoms with Gasteiger partial charge in [0.25, 0.3) is 0 Å². The first-order chi connectivity index (χ1) is 8.11. The van der Waals surface area contributed by atoms with Crippen LogP contribution in [0.5, 0.6) is 0 Å². The van der Waals surface area contributed by atoms with Crippen LogP contribution in [0.2, 0.25) is 0 Å². The molecular formula is C12H17N5. The van der Waals surface area contributed by atoms with Crippen LogP contribution in [0.4, 0.5) is 0 Å². The summed E-state index contributed by atoms with van der Waals surface area (Å²) in [4.78, 5) is 0.